The summed E-state index contributed by atoms with van der Waals surface area (Å²) in [5.41, 5.74) is 0. The van der Waals surface area contributed by atoms with Crippen LogP contribution in [0.5, 0.6) is 0 Å². The molecule has 0 spiro atoms. The van der Waals surface area contributed by atoms with Crippen molar-refractivity contribution in [3.05, 3.63) is 11.0 Å². The molecular formula is C6H10OS2. The average Bonchev–Trinajstić information content (AvgIpc) is 1.91. The summed E-state index contributed by atoms with van der Waals surface area (Å²) in [5.74, 6) is 0.926. The van der Waals surface area contributed by atoms with E-state index in [0.29, 0.717) is 0 Å². The summed E-state index contributed by atoms with van der Waals surface area (Å²) in [7, 11) is 0. The van der Waals surface area contributed by atoms with E-state index in [2.05, 4.69) is 0 Å². The van der Waals surface area contributed by atoms with Gasteiger partial charge in [0.2, 0.25) is 0 Å². The SMILES string of the molecule is CSCC=C(C=O)SC. The number of allylic oxidation sites excluding steroid dienone is 1. The third kappa shape index (κ3) is 4.60. The molecule has 0 amide bonds. The molecule has 0 aliphatic heterocycles. The van der Waals surface area contributed by atoms with Crippen LogP contribution in [-0.4, -0.2) is 24.6 Å². The maximum absolute atomic E-state index is 10.1. The van der Waals surface area contributed by atoms with Crippen molar-refractivity contribution in [3.8, 4) is 0 Å². The van der Waals surface area contributed by atoms with Gasteiger partial charge in [0, 0.05) is 10.7 Å². The van der Waals surface area contributed by atoms with Crippen molar-refractivity contribution in [2.75, 3.05) is 18.3 Å². The van der Waals surface area contributed by atoms with Crippen LogP contribution in [0.4, 0.5) is 0 Å². The number of rotatable bonds is 4. The van der Waals surface area contributed by atoms with E-state index >= 15 is 0 Å². The Bertz CT molecular complexity index is 110. The molecule has 0 N–H and O–H groups in total. The maximum Gasteiger partial charge on any atom is 0.156 e. The normalized spacial score (nSPS) is 11.6. The summed E-state index contributed by atoms with van der Waals surface area (Å²) in [6, 6.07) is 0. The predicted octanol–water partition coefficient (Wildman–Crippen LogP) is 1.80. The topological polar surface area (TPSA) is 17.1 Å². The van der Waals surface area contributed by atoms with Gasteiger partial charge in [0.15, 0.2) is 6.29 Å². The summed E-state index contributed by atoms with van der Waals surface area (Å²) in [6.07, 6.45) is 6.74. The molecule has 0 aromatic rings. The smallest absolute Gasteiger partial charge is 0.156 e. The van der Waals surface area contributed by atoms with Crippen LogP contribution < -0.4 is 0 Å². The maximum atomic E-state index is 10.1. The van der Waals surface area contributed by atoms with Crippen molar-refractivity contribution in [3.63, 3.8) is 0 Å². The van der Waals surface area contributed by atoms with Gasteiger partial charge < -0.3 is 0 Å². The van der Waals surface area contributed by atoms with Gasteiger partial charge in [-0.15, -0.1) is 11.8 Å². The minimum Gasteiger partial charge on any atom is -0.297 e. The zero-order chi connectivity index (χ0) is 7.11. The van der Waals surface area contributed by atoms with Crippen molar-refractivity contribution >= 4 is 29.8 Å². The number of aldehydes is 1. The first kappa shape index (κ1) is 9.11. The van der Waals surface area contributed by atoms with Gasteiger partial charge >= 0.3 is 0 Å². The van der Waals surface area contributed by atoms with E-state index < -0.39 is 0 Å². The summed E-state index contributed by atoms with van der Waals surface area (Å²) in [6.45, 7) is 0. The molecule has 0 fully saturated rings. The minimum atomic E-state index is 0.823. The second kappa shape index (κ2) is 6.23. The van der Waals surface area contributed by atoms with Crippen molar-refractivity contribution in [1.82, 2.24) is 0 Å². The Labute approximate surface area is 64.3 Å². The lowest BCUT2D eigenvalue weighted by Crippen LogP contribution is -1.77. The largest absolute Gasteiger partial charge is 0.297 e. The Morgan fingerprint density at radius 3 is 2.56 bits per heavy atom. The number of carbonyl (C=O) groups excluding carboxylic acids is 1. The van der Waals surface area contributed by atoms with Gasteiger partial charge in [-0.05, 0) is 12.5 Å². The van der Waals surface area contributed by atoms with Gasteiger partial charge in [0.05, 0.1) is 0 Å². The van der Waals surface area contributed by atoms with Crippen LogP contribution in [0.15, 0.2) is 11.0 Å². The highest BCUT2D eigenvalue weighted by Gasteiger charge is 1.87. The zero-order valence-electron chi connectivity index (χ0n) is 5.59. The Balaban J connectivity index is 3.61. The van der Waals surface area contributed by atoms with Crippen molar-refractivity contribution < 1.29 is 4.79 Å². The van der Waals surface area contributed by atoms with Gasteiger partial charge in [0.1, 0.15) is 0 Å². The molecular weight excluding hydrogens is 152 g/mol. The van der Waals surface area contributed by atoms with E-state index in [1.54, 1.807) is 11.8 Å². The van der Waals surface area contributed by atoms with Gasteiger partial charge in [-0.3, -0.25) is 4.79 Å². The molecule has 0 aromatic heterocycles. The van der Waals surface area contributed by atoms with Crippen LogP contribution in [0.3, 0.4) is 0 Å². The molecule has 1 nitrogen and oxygen atoms in total. The van der Waals surface area contributed by atoms with Crippen molar-refractivity contribution in [1.29, 1.82) is 0 Å². The third-order valence-corrected chi connectivity index (χ3v) is 2.04. The molecule has 0 aliphatic carbocycles. The summed E-state index contributed by atoms with van der Waals surface area (Å²) < 4.78 is 0. The van der Waals surface area contributed by atoms with Crippen LogP contribution in [0, 0.1) is 0 Å². The first-order chi connectivity index (χ1) is 4.35. The minimum absolute atomic E-state index is 0.823. The zero-order valence-corrected chi connectivity index (χ0v) is 7.22. The molecule has 0 saturated carbocycles. The molecule has 3 heteroatoms. The quantitative estimate of drug-likeness (QED) is 0.463. The van der Waals surface area contributed by atoms with Crippen molar-refractivity contribution in [2.24, 2.45) is 0 Å². The highest BCUT2D eigenvalue weighted by molar-refractivity contribution is 8.03. The van der Waals surface area contributed by atoms with E-state index in [4.69, 9.17) is 0 Å². The molecule has 0 unspecified atom stereocenters. The Morgan fingerprint density at radius 2 is 2.22 bits per heavy atom. The molecule has 0 aliphatic rings. The molecule has 0 radical (unpaired) electrons. The summed E-state index contributed by atoms with van der Waals surface area (Å²) in [5, 5.41) is 0. The molecule has 0 rings (SSSR count). The number of carbonyl (C=O) groups is 1. The first-order valence-corrected chi connectivity index (χ1v) is 5.15. The van der Waals surface area contributed by atoms with Gasteiger partial charge in [0.25, 0.3) is 0 Å². The highest BCUT2D eigenvalue weighted by atomic mass is 32.2. The van der Waals surface area contributed by atoms with Gasteiger partial charge in [-0.25, -0.2) is 0 Å². The lowest BCUT2D eigenvalue weighted by Gasteiger charge is -1.89. The second-order valence-electron chi connectivity index (χ2n) is 1.38. The van der Waals surface area contributed by atoms with E-state index in [-0.39, 0.29) is 0 Å². The lowest BCUT2D eigenvalue weighted by molar-refractivity contribution is -0.104. The Kier molecular flexibility index (Phi) is 6.31. The van der Waals surface area contributed by atoms with Gasteiger partial charge in [-0.1, -0.05) is 6.08 Å². The van der Waals surface area contributed by atoms with E-state index in [1.807, 2.05) is 18.6 Å². The second-order valence-corrected chi connectivity index (χ2v) is 3.17. The Hall–Kier alpha value is 0.110. The third-order valence-electron chi connectivity index (χ3n) is 0.803. The lowest BCUT2D eigenvalue weighted by atomic mass is 10.6. The van der Waals surface area contributed by atoms with E-state index in [1.165, 1.54) is 11.8 Å². The van der Waals surface area contributed by atoms with Crippen LogP contribution in [0.25, 0.3) is 0 Å². The van der Waals surface area contributed by atoms with E-state index in [0.717, 1.165) is 16.9 Å². The molecule has 0 aromatic carbocycles. The number of hydrogen-bond acceptors (Lipinski definition) is 3. The Morgan fingerprint density at radius 1 is 1.56 bits per heavy atom. The molecule has 9 heavy (non-hydrogen) atoms. The number of thioether (sulfide) groups is 2. The fraction of sp³-hybridized carbons (Fsp3) is 0.500. The van der Waals surface area contributed by atoms with Crippen molar-refractivity contribution in [2.45, 2.75) is 0 Å². The molecule has 0 heterocycles. The molecule has 52 valence electrons. The van der Waals surface area contributed by atoms with Crippen LogP contribution in [0.2, 0.25) is 0 Å². The summed E-state index contributed by atoms with van der Waals surface area (Å²) in [4.78, 5) is 11.0. The first-order valence-electron chi connectivity index (χ1n) is 2.53. The molecule has 0 atom stereocenters. The molecule has 0 bridgehead atoms. The van der Waals surface area contributed by atoms with Crippen LogP contribution in [-0.2, 0) is 4.79 Å². The van der Waals surface area contributed by atoms with Gasteiger partial charge in [-0.2, -0.15) is 11.8 Å². The van der Waals surface area contributed by atoms with Crippen LogP contribution in [0.1, 0.15) is 0 Å². The fourth-order valence-electron chi connectivity index (χ4n) is 0.345. The number of hydrogen-bond donors (Lipinski definition) is 0. The predicted molar refractivity (Wildman–Crippen MR) is 46.0 cm³/mol. The molecule has 0 saturated heterocycles. The van der Waals surface area contributed by atoms with E-state index in [9.17, 15) is 4.79 Å². The highest BCUT2D eigenvalue weighted by Crippen LogP contribution is 2.08. The van der Waals surface area contributed by atoms with Crippen LogP contribution >= 0.6 is 23.5 Å². The monoisotopic (exact) mass is 162 g/mol. The summed E-state index contributed by atoms with van der Waals surface area (Å²) >= 11 is 3.20. The fourth-order valence-corrected chi connectivity index (χ4v) is 1.14. The standard InChI is InChI=1S/C6H10OS2/c1-8-4-3-6(5-7)9-2/h3,5H,4H2,1-2H3. The average molecular weight is 162 g/mol.